The van der Waals surface area contributed by atoms with Gasteiger partial charge in [0, 0.05) is 18.7 Å². The van der Waals surface area contributed by atoms with E-state index in [2.05, 4.69) is 15.6 Å². The number of nitrogens with one attached hydrogen (secondary N) is 1. The fourth-order valence-corrected chi connectivity index (χ4v) is 3.10. The van der Waals surface area contributed by atoms with E-state index in [0.717, 1.165) is 22.2 Å². The summed E-state index contributed by atoms with van der Waals surface area (Å²) in [5.74, 6) is 0.0175. The second-order valence-electron chi connectivity index (χ2n) is 6.62. The largest absolute Gasteiger partial charge is 0.338 e. The van der Waals surface area contributed by atoms with Gasteiger partial charge in [-0.3, -0.25) is 14.8 Å². The van der Waals surface area contributed by atoms with E-state index < -0.39 is 0 Å². The van der Waals surface area contributed by atoms with Crippen LogP contribution >= 0.6 is 0 Å². The molecule has 1 aromatic carbocycles. The normalized spacial score (nSPS) is 11.1. The molecule has 0 aliphatic carbocycles. The summed E-state index contributed by atoms with van der Waals surface area (Å²) in [4.78, 5) is 17.7. The van der Waals surface area contributed by atoms with Gasteiger partial charge in [-0.2, -0.15) is 5.10 Å². The predicted molar refractivity (Wildman–Crippen MR) is 103 cm³/mol. The van der Waals surface area contributed by atoms with Crippen LogP contribution in [0.3, 0.4) is 0 Å². The first-order valence-electron chi connectivity index (χ1n) is 8.58. The van der Waals surface area contributed by atoms with Gasteiger partial charge in [0.2, 0.25) is 5.88 Å². The average Bonchev–Trinajstić information content (AvgIpc) is 3.17. The van der Waals surface area contributed by atoms with E-state index in [-0.39, 0.29) is 5.91 Å². The highest BCUT2D eigenvalue weighted by atomic mass is 16.5. The van der Waals surface area contributed by atoms with E-state index in [9.17, 15) is 4.79 Å². The van der Waals surface area contributed by atoms with E-state index in [4.69, 9.17) is 9.51 Å². The SMILES string of the molecule is Cc1ccc(-c2cc(C(=O)Nc3cc(C)no3)c3c(C)nn(C)c3n2)cc1. The smallest absolute Gasteiger partial charge is 0.258 e. The molecule has 0 unspecified atom stereocenters. The number of aryl methyl sites for hydroxylation is 4. The van der Waals surface area contributed by atoms with Gasteiger partial charge in [0.1, 0.15) is 0 Å². The van der Waals surface area contributed by atoms with Crippen LogP contribution in [-0.4, -0.2) is 25.8 Å². The topological polar surface area (TPSA) is 85.8 Å². The molecule has 1 amide bonds. The van der Waals surface area contributed by atoms with E-state index in [0.29, 0.717) is 28.5 Å². The number of benzene rings is 1. The van der Waals surface area contributed by atoms with Crippen LogP contribution in [0.4, 0.5) is 5.88 Å². The number of hydrogen-bond donors (Lipinski definition) is 1. The molecule has 0 fully saturated rings. The second-order valence-corrected chi connectivity index (χ2v) is 6.62. The minimum atomic E-state index is -0.289. The summed E-state index contributed by atoms with van der Waals surface area (Å²) in [5, 5.41) is 11.7. The summed E-state index contributed by atoms with van der Waals surface area (Å²) in [6.07, 6.45) is 0. The Bertz CT molecular complexity index is 1160. The molecule has 0 bridgehead atoms. The number of carbonyl (C=O) groups excluding carboxylic acids is 1. The van der Waals surface area contributed by atoms with E-state index in [1.807, 2.05) is 45.2 Å². The first kappa shape index (κ1) is 17.0. The van der Waals surface area contributed by atoms with Crippen molar-refractivity contribution in [1.82, 2.24) is 19.9 Å². The van der Waals surface area contributed by atoms with Crippen LogP contribution in [0.1, 0.15) is 27.3 Å². The molecule has 136 valence electrons. The third-order valence-corrected chi connectivity index (χ3v) is 4.43. The van der Waals surface area contributed by atoms with Gasteiger partial charge in [-0.05, 0) is 26.8 Å². The van der Waals surface area contributed by atoms with Crippen molar-refractivity contribution < 1.29 is 9.32 Å². The van der Waals surface area contributed by atoms with Gasteiger partial charge < -0.3 is 4.52 Å². The molecule has 0 atom stereocenters. The Morgan fingerprint density at radius 2 is 1.85 bits per heavy atom. The number of pyridine rings is 1. The summed E-state index contributed by atoms with van der Waals surface area (Å²) >= 11 is 0. The van der Waals surface area contributed by atoms with Crippen LogP contribution in [0, 0.1) is 20.8 Å². The van der Waals surface area contributed by atoms with Crippen molar-refractivity contribution in [2.75, 3.05) is 5.32 Å². The zero-order valence-electron chi connectivity index (χ0n) is 15.6. The molecule has 3 aromatic heterocycles. The summed E-state index contributed by atoms with van der Waals surface area (Å²) in [5.41, 5.74) is 5.40. The highest BCUT2D eigenvalue weighted by Crippen LogP contribution is 2.27. The lowest BCUT2D eigenvalue weighted by molar-refractivity contribution is 0.102. The van der Waals surface area contributed by atoms with Crippen LogP contribution in [0.25, 0.3) is 22.3 Å². The molecule has 7 heteroatoms. The Hall–Kier alpha value is -3.48. The molecule has 27 heavy (non-hydrogen) atoms. The van der Waals surface area contributed by atoms with Crippen molar-refractivity contribution in [1.29, 1.82) is 0 Å². The molecule has 0 radical (unpaired) electrons. The number of aromatic nitrogens is 4. The number of hydrogen-bond acceptors (Lipinski definition) is 5. The summed E-state index contributed by atoms with van der Waals surface area (Å²) in [7, 11) is 1.82. The Kier molecular flexibility index (Phi) is 3.99. The number of carbonyl (C=O) groups is 1. The highest BCUT2D eigenvalue weighted by Gasteiger charge is 2.20. The van der Waals surface area contributed by atoms with Crippen LogP contribution in [0.15, 0.2) is 40.9 Å². The fraction of sp³-hybridized carbons (Fsp3) is 0.200. The summed E-state index contributed by atoms with van der Waals surface area (Å²) in [6.45, 7) is 5.69. The Morgan fingerprint density at radius 1 is 1.11 bits per heavy atom. The first-order chi connectivity index (χ1) is 12.9. The number of rotatable bonds is 3. The third kappa shape index (κ3) is 3.08. The number of fused-ring (bicyclic) bond motifs is 1. The van der Waals surface area contributed by atoms with Gasteiger partial charge >= 0.3 is 0 Å². The molecular formula is C20H19N5O2. The second kappa shape index (κ2) is 6.35. The number of anilines is 1. The zero-order valence-corrected chi connectivity index (χ0v) is 15.6. The monoisotopic (exact) mass is 361 g/mol. The molecule has 7 nitrogen and oxygen atoms in total. The molecule has 0 spiro atoms. The lowest BCUT2D eigenvalue weighted by Crippen LogP contribution is -2.13. The molecule has 0 saturated heterocycles. The van der Waals surface area contributed by atoms with Crippen molar-refractivity contribution in [2.45, 2.75) is 20.8 Å². The molecular weight excluding hydrogens is 342 g/mol. The van der Waals surface area contributed by atoms with Gasteiger partial charge in [0.05, 0.1) is 28.0 Å². The first-order valence-corrected chi connectivity index (χ1v) is 8.58. The maximum atomic E-state index is 13.0. The van der Waals surface area contributed by atoms with Gasteiger partial charge in [0.15, 0.2) is 5.65 Å². The molecule has 0 aliphatic rings. The minimum Gasteiger partial charge on any atom is -0.338 e. The maximum absolute atomic E-state index is 13.0. The average molecular weight is 361 g/mol. The molecule has 0 saturated carbocycles. The van der Waals surface area contributed by atoms with Crippen LogP contribution in [-0.2, 0) is 7.05 Å². The Balaban J connectivity index is 1.86. The molecule has 4 rings (SSSR count). The predicted octanol–water partition coefficient (Wildman–Crippen LogP) is 3.80. The van der Waals surface area contributed by atoms with Crippen LogP contribution < -0.4 is 5.32 Å². The number of nitrogens with zero attached hydrogens (tertiary/aromatic N) is 4. The zero-order chi connectivity index (χ0) is 19.1. The Morgan fingerprint density at radius 3 is 2.52 bits per heavy atom. The molecule has 0 aliphatic heterocycles. The number of amides is 1. The minimum absolute atomic E-state index is 0.289. The van der Waals surface area contributed by atoms with Gasteiger partial charge in [-0.1, -0.05) is 35.0 Å². The summed E-state index contributed by atoms with van der Waals surface area (Å²) < 4.78 is 6.81. The highest BCUT2D eigenvalue weighted by molar-refractivity contribution is 6.13. The van der Waals surface area contributed by atoms with Gasteiger partial charge in [0.25, 0.3) is 5.91 Å². The standard InChI is InChI=1S/C20H19N5O2/c1-11-5-7-14(8-6-11)16-10-15(18-13(3)23-25(4)19(18)21-16)20(26)22-17-9-12(2)24-27-17/h5-10H,1-4H3,(H,22,26). The van der Waals surface area contributed by atoms with E-state index >= 15 is 0 Å². The molecule has 1 N–H and O–H groups in total. The van der Waals surface area contributed by atoms with Crippen molar-refractivity contribution in [2.24, 2.45) is 7.05 Å². The van der Waals surface area contributed by atoms with Crippen molar-refractivity contribution in [3.8, 4) is 11.3 Å². The third-order valence-electron chi connectivity index (χ3n) is 4.43. The van der Waals surface area contributed by atoms with Crippen molar-refractivity contribution >= 4 is 22.8 Å². The van der Waals surface area contributed by atoms with E-state index in [1.165, 1.54) is 0 Å². The van der Waals surface area contributed by atoms with Crippen molar-refractivity contribution in [3.63, 3.8) is 0 Å². The van der Waals surface area contributed by atoms with Gasteiger partial charge in [-0.15, -0.1) is 0 Å². The van der Waals surface area contributed by atoms with Crippen LogP contribution in [0.2, 0.25) is 0 Å². The lowest BCUT2D eigenvalue weighted by atomic mass is 10.0. The fourth-order valence-electron chi connectivity index (χ4n) is 3.10. The van der Waals surface area contributed by atoms with Gasteiger partial charge in [-0.25, -0.2) is 4.98 Å². The molecule has 4 aromatic rings. The summed E-state index contributed by atoms with van der Waals surface area (Å²) in [6, 6.07) is 11.5. The van der Waals surface area contributed by atoms with Crippen LogP contribution in [0.5, 0.6) is 0 Å². The quantitative estimate of drug-likeness (QED) is 0.600. The molecule has 3 heterocycles. The Labute approximate surface area is 156 Å². The lowest BCUT2D eigenvalue weighted by Gasteiger charge is -2.08. The van der Waals surface area contributed by atoms with E-state index in [1.54, 1.807) is 23.7 Å². The van der Waals surface area contributed by atoms with Crippen molar-refractivity contribution in [3.05, 3.63) is 58.9 Å². The maximum Gasteiger partial charge on any atom is 0.258 e.